The predicted octanol–water partition coefficient (Wildman–Crippen LogP) is 10.6. The molecular weight excluding hydrogens is 468 g/mol. The Labute approximate surface area is 235 Å². The van der Waals surface area contributed by atoms with Crippen LogP contribution in [0.15, 0.2) is 18.2 Å². The first kappa shape index (κ1) is 34.4. The molecule has 38 heavy (non-hydrogen) atoms. The number of Topliss-reactive ketones (excluding diaryl/α,β-unsaturated/α-hetero) is 1. The molecule has 0 aromatic heterocycles. The van der Waals surface area contributed by atoms with Crippen LogP contribution in [0.1, 0.15) is 172 Å². The second-order valence-electron chi connectivity index (χ2n) is 11.4. The van der Waals surface area contributed by atoms with Crippen molar-refractivity contribution < 1.29 is 14.3 Å². The first-order chi connectivity index (χ1) is 18.6. The number of ketones is 1. The van der Waals surface area contributed by atoms with Gasteiger partial charge < -0.3 is 4.74 Å². The number of benzene rings is 1. The molecule has 0 fully saturated rings. The van der Waals surface area contributed by atoms with Crippen molar-refractivity contribution >= 4 is 11.8 Å². The standard InChI is InChI=1S/C35H60O3/c1-4-7-10-13-14-15-16-19-24-34(36)25-20-21-26-35(37)38-30-33-28-31(22-17-11-8-5-2)27-32(29-33)23-18-12-9-6-3/h27-29H,4-26,30H2,1-3H3. The van der Waals surface area contributed by atoms with E-state index in [1.807, 2.05) is 0 Å². The van der Waals surface area contributed by atoms with Gasteiger partial charge in [-0.2, -0.15) is 0 Å². The molecule has 1 rings (SSSR count). The van der Waals surface area contributed by atoms with Crippen molar-refractivity contribution in [3.8, 4) is 0 Å². The Balaban J connectivity index is 2.29. The van der Waals surface area contributed by atoms with Gasteiger partial charge in [-0.3, -0.25) is 9.59 Å². The number of hydrogen-bond acceptors (Lipinski definition) is 3. The van der Waals surface area contributed by atoms with Crippen molar-refractivity contribution in [2.75, 3.05) is 0 Å². The van der Waals surface area contributed by atoms with E-state index in [-0.39, 0.29) is 5.97 Å². The number of rotatable bonds is 26. The summed E-state index contributed by atoms with van der Waals surface area (Å²) >= 11 is 0. The van der Waals surface area contributed by atoms with Gasteiger partial charge in [-0.05, 0) is 61.6 Å². The molecule has 0 saturated carbocycles. The van der Waals surface area contributed by atoms with Gasteiger partial charge in [-0.25, -0.2) is 0 Å². The zero-order chi connectivity index (χ0) is 27.7. The zero-order valence-corrected chi connectivity index (χ0v) is 25.4. The Morgan fingerprint density at radius 3 is 1.42 bits per heavy atom. The van der Waals surface area contributed by atoms with Gasteiger partial charge in [0, 0.05) is 19.3 Å². The predicted molar refractivity (Wildman–Crippen MR) is 163 cm³/mol. The molecule has 3 nitrogen and oxygen atoms in total. The molecule has 0 atom stereocenters. The fraction of sp³-hybridized carbons (Fsp3) is 0.771. The van der Waals surface area contributed by atoms with Crippen LogP contribution in [0.25, 0.3) is 0 Å². The average Bonchev–Trinajstić information content (AvgIpc) is 2.92. The highest BCUT2D eigenvalue weighted by molar-refractivity contribution is 5.78. The summed E-state index contributed by atoms with van der Waals surface area (Å²) in [5.74, 6) is 0.213. The first-order valence-corrected chi connectivity index (χ1v) is 16.4. The minimum Gasteiger partial charge on any atom is -0.461 e. The SMILES string of the molecule is CCCCCCCCCCC(=O)CCCCC(=O)OCc1cc(CCCCCC)cc(CCCCCC)c1. The normalized spacial score (nSPS) is 11.1. The molecule has 0 spiro atoms. The summed E-state index contributed by atoms with van der Waals surface area (Å²) < 4.78 is 5.63. The third-order valence-electron chi connectivity index (χ3n) is 7.55. The highest BCUT2D eigenvalue weighted by atomic mass is 16.5. The zero-order valence-electron chi connectivity index (χ0n) is 25.4. The average molecular weight is 529 g/mol. The Morgan fingerprint density at radius 2 is 0.895 bits per heavy atom. The van der Waals surface area contributed by atoms with Crippen LogP contribution in [0.5, 0.6) is 0 Å². The van der Waals surface area contributed by atoms with Crippen molar-refractivity contribution in [2.24, 2.45) is 0 Å². The van der Waals surface area contributed by atoms with E-state index in [9.17, 15) is 9.59 Å². The smallest absolute Gasteiger partial charge is 0.306 e. The summed E-state index contributed by atoms with van der Waals surface area (Å²) in [6.45, 7) is 7.11. The summed E-state index contributed by atoms with van der Waals surface area (Å²) in [5, 5.41) is 0. The van der Waals surface area contributed by atoms with E-state index in [1.165, 1.54) is 107 Å². The van der Waals surface area contributed by atoms with Crippen LogP contribution in [-0.2, 0) is 33.8 Å². The largest absolute Gasteiger partial charge is 0.461 e. The fourth-order valence-corrected chi connectivity index (χ4v) is 5.13. The molecule has 1 aromatic rings. The molecule has 0 aliphatic carbocycles. The van der Waals surface area contributed by atoms with Gasteiger partial charge in [0.25, 0.3) is 0 Å². The number of aryl methyl sites for hydroxylation is 2. The molecule has 0 N–H and O–H groups in total. The molecule has 3 heteroatoms. The van der Waals surface area contributed by atoms with Gasteiger partial charge in [0.1, 0.15) is 12.4 Å². The minimum absolute atomic E-state index is 0.140. The van der Waals surface area contributed by atoms with Crippen LogP contribution < -0.4 is 0 Å². The molecule has 0 radical (unpaired) electrons. The second-order valence-corrected chi connectivity index (χ2v) is 11.4. The topological polar surface area (TPSA) is 43.4 Å². The van der Waals surface area contributed by atoms with Crippen molar-refractivity contribution in [1.29, 1.82) is 0 Å². The lowest BCUT2D eigenvalue weighted by molar-refractivity contribution is -0.145. The molecular formula is C35H60O3. The summed E-state index contributed by atoms with van der Waals surface area (Å²) in [5.41, 5.74) is 3.89. The molecule has 0 aliphatic rings. The van der Waals surface area contributed by atoms with Crippen LogP contribution in [0.4, 0.5) is 0 Å². The summed E-state index contributed by atoms with van der Waals surface area (Å²) in [7, 11) is 0. The van der Waals surface area contributed by atoms with Crippen molar-refractivity contribution in [1.82, 2.24) is 0 Å². The number of esters is 1. The number of carbonyl (C=O) groups excluding carboxylic acids is 2. The summed E-state index contributed by atoms with van der Waals surface area (Å²) in [4.78, 5) is 24.5. The molecule has 218 valence electrons. The molecule has 0 bridgehead atoms. The van der Waals surface area contributed by atoms with E-state index < -0.39 is 0 Å². The number of ether oxygens (including phenoxy) is 1. The first-order valence-electron chi connectivity index (χ1n) is 16.4. The number of hydrogen-bond donors (Lipinski definition) is 0. The van der Waals surface area contributed by atoms with E-state index >= 15 is 0 Å². The number of unbranched alkanes of at least 4 members (excludes halogenated alkanes) is 14. The van der Waals surface area contributed by atoms with Crippen LogP contribution in [0.2, 0.25) is 0 Å². The Kier molecular flexibility index (Phi) is 22.1. The molecule has 0 saturated heterocycles. The van der Waals surface area contributed by atoms with E-state index in [4.69, 9.17) is 4.74 Å². The van der Waals surface area contributed by atoms with E-state index in [1.54, 1.807) is 0 Å². The van der Waals surface area contributed by atoms with Crippen molar-refractivity contribution in [2.45, 2.75) is 175 Å². The minimum atomic E-state index is -0.140. The van der Waals surface area contributed by atoms with Crippen LogP contribution in [0, 0.1) is 0 Å². The lowest BCUT2D eigenvalue weighted by atomic mass is 9.98. The molecule has 0 unspecified atom stereocenters. The van der Waals surface area contributed by atoms with Crippen LogP contribution in [-0.4, -0.2) is 11.8 Å². The highest BCUT2D eigenvalue weighted by Gasteiger charge is 2.08. The Bertz CT molecular complexity index is 694. The van der Waals surface area contributed by atoms with Gasteiger partial charge in [-0.15, -0.1) is 0 Å². The maximum atomic E-state index is 12.3. The van der Waals surface area contributed by atoms with E-state index in [0.29, 0.717) is 31.7 Å². The molecule has 1 aromatic carbocycles. The van der Waals surface area contributed by atoms with Gasteiger partial charge in [-0.1, -0.05) is 122 Å². The fourth-order valence-electron chi connectivity index (χ4n) is 5.13. The van der Waals surface area contributed by atoms with Crippen molar-refractivity contribution in [3.63, 3.8) is 0 Å². The van der Waals surface area contributed by atoms with Gasteiger partial charge in [0.2, 0.25) is 0 Å². The Morgan fingerprint density at radius 1 is 0.500 bits per heavy atom. The maximum Gasteiger partial charge on any atom is 0.306 e. The maximum absolute atomic E-state index is 12.3. The molecule has 0 amide bonds. The van der Waals surface area contributed by atoms with Gasteiger partial charge >= 0.3 is 5.97 Å². The van der Waals surface area contributed by atoms with Crippen molar-refractivity contribution in [3.05, 3.63) is 34.9 Å². The lowest BCUT2D eigenvalue weighted by Gasteiger charge is -2.11. The summed E-state index contributed by atoms with van der Waals surface area (Å²) in [6, 6.07) is 6.84. The van der Waals surface area contributed by atoms with Gasteiger partial charge in [0.05, 0.1) is 0 Å². The highest BCUT2D eigenvalue weighted by Crippen LogP contribution is 2.18. The quantitative estimate of drug-likeness (QED) is 0.0887. The Hall–Kier alpha value is -1.64. The van der Waals surface area contributed by atoms with E-state index in [0.717, 1.165) is 37.7 Å². The monoisotopic (exact) mass is 528 g/mol. The van der Waals surface area contributed by atoms with Crippen LogP contribution >= 0.6 is 0 Å². The van der Waals surface area contributed by atoms with Crippen LogP contribution in [0.3, 0.4) is 0 Å². The third-order valence-corrected chi connectivity index (χ3v) is 7.55. The number of carbonyl (C=O) groups is 2. The summed E-state index contributed by atoms with van der Waals surface area (Å²) in [6.07, 6.45) is 25.7. The molecule has 0 aliphatic heterocycles. The second kappa shape index (κ2) is 24.4. The van der Waals surface area contributed by atoms with E-state index in [2.05, 4.69) is 39.0 Å². The van der Waals surface area contributed by atoms with Gasteiger partial charge in [0.15, 0.2) is 0 Å². The molecule has 0 heterocycles. The third kappa shape index (κ3) is 19.4. The lowest BCUT2D eigenvalue weighted by Crippen LogP contribution is -2.06.